The molecule has 0 aromatic carbocycles. The molecule has 2 aliphatic rings. The molecule has 0 aliphatic carbocycles. The van der Waals surface area contributed by atoms with Crippen LogP contribution in [-0.2, 0) is 0 Å². The normalized spacial score (nSPS) is 27.0. The van der Waals surface area contributed by atoms with Gasteiger partial charge >= 0.3 is 6.18 Å². The van der Waals surface area contributed by atoms with E-state index in [2.05, 4.69) is 15.0 Å². The molecule has 2 saturated heterocycles. The fourth-order valence-corrected chi connectivity index (χ4v) is 4.28. The molecule has 2 aliphatic heterocycles. The van der Waals surface area contributed by atoms with Gasteiger partial charge in [-0.3, -0.25) is 9.78 Å². The third-order valence-corrected chi connectivity index (χ3v) is 5.15. The van der Waals surface area contributed by atoms with Crippen LogP contribution in [0.2, 0.25) is 0 Å². The van der Waals surface area contributed by atoms with Crippen LogP contribution in [0.1, 0.15) is 42.5 Å². The van der Waals surface area contributed by atoms with E-state index in [4.69, 9.17) is 0 Å². The Morgan fingerprint density at radius 2 is 1.96 bits per heavy atom. The number of carbonyl (C=O) groups is 1. The molecule has 4 heterocycles. The topological polar surface area (TPSA) is 61.9 Å². The van der Waals surface area contributed by atoms with Gasteiger partial charge in [-0.1, -0.05) is 0 Å². The van der Waals surface area contributed by atoms with Crippen molar-refractivity contribution in [1.82, 2.24) is 19.9 Å². The lowest BCUT2D eigenvalue weighted by Gasteiger charge is -2.39. The van der Waals surface area contributed by atoms with Crippen LogP contribution in [0, 0.1) is 5.92 Å². The van der Waals surface area contributed by atoms with Gasteiger partial charge in [-0.25, -0.2) is 4.98 Å². The summed E-state index contributed by atoms with van der Waals surface area (Å²) in [6.45, 7) is 0. The summed E-state index contributed by atoms with van der Waals surface area (Å²) < 4.78 is 38.0. The van der Waals surface area contributed by atoms with Gasteiger partial charge in [0.05, 0.1) is 23.6 Å². The summed E-state index contributed by atoms with van der Waals surface area (Å²) in [5.41, 5.74) is 1.66. The van der Waals surface area contributed by atoms with Crippen molar-refractivity contribution in [1.29, 1.82) is 0 Å². The Bertz CT molecular complexity index is 758. The summed E-state index contributed by atoms with van der Waals surface area (Å²) >= 11 is 0. The average Bonchev–Trinajstić information content (AvgIpc) is 3.07. The van der Waals surface area contributed by atoms with Crippen molar-refractivity contribution in [3.05, 3.63) is 24.3 Å². The summed E-state index contributed by atoms with van der Waals surface area (Å²) in [7, 11) is 0. The number of nitrogens with one attached hydrogen (secondary N) is 1. The van der Waals surface area contributed by atoms with E-state index < -0.39 is 12.6 Å². The van der Waals surface area contributed by atoms with Crippen molar-refractivity contribution in [3.63, 3.8) is 0 Å². The van der Waals surface area contributed by atoms with Crippen LogP contribution in [0.5, 0.6) is 0 Å². The number of aromatic amines is 1. The van der Waals surface area contributed by atoms with Crippen LogP contribution >= 0.6 is 0 Å². The summed E-state index contributed by atoms with van der Waals surface area (Å²) in [6.07, 6.45) is 2.10. The third kappa shape index (κ3) is 2.63. The van der Waals surface area contributed by atoms with Crippen molar-refractivity contribution >= 4 is 16.9 Å². The number of aromatic nitrogens is 3. The second-order valence-electron chi connectivity index (χ2n) is 6.74. The summed E-state index contributed by atoms with van der Waals surface area (Å²) in [6, 6.07) is -0.226. The molecule has 2 aromatic rings. The third-order valence-electron chi connectivity index (χ3n) is 5.15. The number of amides is 1. The van der Waals surface area contributed by atoms with Gasteiger partial charge in [0.2, 0.25) is 0 Å². The van der Waals surface area contributed by atoms with Gasteiger partial charge in [0.15, 0.2) is 0 Å². The number of alkyl halides is 3. The number of piperidine rings is 1. The Morgan fingerprint density at radius 3 is 2.62 bits per heavy atom. The quantitative estimate of drug-likeness (QED) is 0.914. The first-order valence-corrected chi connectivity index (χ1v) is 8.09. The molecule has 0 saturated carbocycles. The van der Waals surface area contributed by atoms with E-state index in [9.17, 15) is 18.0 Å². The minimum atomic E-state index is -4.14. The van der Waals surface area contributed by atoms with Gasteiger partial charge in [0.25, 0.3) is 5.91 Å². The van der Waals surface area contributed by atoms with E-state index in [1.165, 1.54) is 12.5 Å². The number of halogens is 3. The zero-order valence-electron chi connectivity index (χ0n) is 12.9. The average molecular weight is 338 g/mol. The first-order chi connectivity index (χ1) is 11.4. The van der Waals surface area contributed by atoms with E-state index in [0.29, 0.717) is 29.4 Å². The Balaban J connectivity index is 1.58. The minimum Gasteiger partial charge on any atom is -0.343 e. The first kappa shape index (κ1) is 15.4. The van der Waals surface area contributed by atoms with Crippen molar-refractivity contribution in [2.75, 3.05) is 0 Å². The number of pyridine rings is 1. The maximum Gasteiger partial charge on any atom is 0.389 e. The van der Waals surface area contributed by atoms with Crippen LogP contribution in [0.15, 0.2) is 18.7 Å². The van der Waals surface area contributed by atoms with Crippen molar-refractivity contribution in [2.45, 2.75) is 50.4 Å². The molecule has 2 aromatic heterocycles. The monoisotopic (exact) mass is 338 g/mol. The predicted octanol–water partition coefficient (Wildman–Crippen LogP) is 3.29. The summed E-state index contributed by atoms with van der Waals surface area (Å²) in [4.78, 5) is 25.9. The molecule has 2 unspecified atom stereocenters. The van der Waals surface area contributed by atoms with Gasteiger partial charge < -0.3 is 9.88 Å². The zero-order chi connectivity index (χ0) is 16.9. The Kier molecular flexibility index (Phi) is 3.51. The minimum absolute atomic E-state index is 0.113. The highest BCUT2D eigenvalue weighted by atomic mass is 19.4. The smallest absolute Gasteiger partial charge is 0.343 e. The summed E-state index contributed by atoms with van der Waals surface area (Å²) in [5.74, 6) is -0.552. The number of imidazole rings is 1. The fourth-order valence-electron chi connectivity index (χ4n) is 4.28. The first-order valence-electron chi connectivity index (χ1n) is 8.09. The Morgan fingerprint density at radius 1 is 1.25 bits per heavy atom. The maximum atomic E-state index is 13.0. The number of rotatable bonds is 2. The second-order valence-corrected chi connectivity index (χ2v) is 6.74. The summed E-state index contributed by atoms with van der Waals surface area (Å²) in [5, 5.41) is 0. The Hall–Kier alpha value is -2.12. The molecule has 128 valence electrons. The highest BCUT2D eigenvalue weighted by Crippen LogP contribution is 2.43. The molecule has 2 atom stereocenters. The van der Waals surface area contributed by atoms with E-state index >= 15 is 0 Å². The largest absolute Gasteiger partial charge is 0.389 e. The lowest BCUT2D eigenvalue weighted by molar-refractivity contribution is -0.148. The number of carbonyl (C=O) groups excluding carboxylic acids is 1. The molecule has 8 heteroatoms. The van der Waals surface area contributed by atoms with Crippen molar-refractivity contribution in [3.8, 4) is 0 Å². The highest BCUT2D eigenvalue weighted by Gasteiger charge is 2.46. The molecule has 5 nitrogen and oxygen atoms in total. The highest BCUT2D eigenvalue weighted by molar-refractivity contribution is 6.04. The van der Waals surface area contributed by atoms with Gasteiger partial charge in [0.1, 0.15) is 5.52 Å². The number of hydrogen-bond donors (Lipinski definition) is 1. The fraction of sp³-hybridized carbons (Fsp3) is 0.562. The van der Waals surface area contributed by atoms with Gasteiger partial charge in [0, 0.05) is 24.7 Å². The number of H-pyrrole nitrogens is 1. The molecule has 0 radical (unpaired) electrons. The number of fused-ring (bicyclic) bond motifs is 3. The van der Waals surface area contributed by atoms with Crippen molar-refractivity contribution in [2.24, 2.45) is 5.92 Å². The number of nitrogens with zero attached hydrogens (tertiary/aromatic N) is 3. The van der Waals surface area contributed by atoms with Crippen molar-refractivity contribution < 1.29 is 18.0 Å². The molecule has 4 rings (SSSR count). The molecule has 24 heavy (non-hydrogen) atoms. The van der Waals surface area contributed by atoms with Gasteiger partial charge in [-0.15, -0.1) is 0 Å². The molecular formula is C16H17F3N4O. The van der Waals surface area contributed by atoms with Crippen LogP contribution in [0.3, 0.4) is 0 Å². The molecule has 1 N–H and O–H groups in total. The van der Waals surface area contributed by atoms with Crippen LogP contribution < -0.4 is 0 Å². The van der Waals surface area contributed by atoms with Gasteiger partial charge in [-0.2, -0.15) is 13.2 Å². The molecule has 1 amide bonds. The SMILES string of the molecule is O=C(c1cncc2[nH]cnc12)N1C2CCC1CC(CC(F)(F)F)C2. The molecule has 2 bridgehead atoms. The van der Waals surface area contributed by atoms with E-state index in [0.717, 1.165) is 12.8 Å². The van der Waals surface area contributed by atoms with Crippen LogP contribution in [-0.4, -0.2) is 44.0 Å². The van der Waals surface area contributed by atoms with E-state index in [1.807, 2.05) is 0 Å². The lowest BCUT2D eigenvalue weighted by atomic mass is 9.87. The second kappa shape index (κ2) is 5.46. The molecular weight excluding hydrogens is 321 g/mol. The van der Waals surface area contributed by atoms with E-state index in [1.54, 1.807) is 11.1 Å². The van der Waals surface area contributed by atoms with E-state index in [-0.39, 0.29) is 23.9 Å². The standard InChI is InChI=1S/C16H17F3N4O/c17-16(18,19)5-9-3-10-1-2-11(4-9)23(10)15(24)12-6-20-7-13-14(12)22-8-21-13/h6-11H,1-5H2,(H,21,22). The molecule has 2 fully saturated rings. The predicted molar refractivity (Wildman–Crippen MR) is 80.3 cm³/mol. The van der Waals surface area contributed by atoms with Crippen LogP contribution in [0.4, 0.5) is 13.2 Å². The number of hydrogen-bond acceptors (Lipinski definition) is 3. The Labute approximate surface area is 136 Å². The zero-order valence-corrected chi connectivity index (χ0v) is 12.9. The van der Waals surface area contributed by atoms with Gasteiger partial charge in [-0.05, 0) is 31.6 Å². The van der Waals surface area contributed by atoms with Crippen LogP contribution in [0.25, 0.3) is 11.0 Å². The lowest BCUT2D eigenvalue weighted by Crippen LogP contribution is -2.47. The maximum absolute atomic E-state index is 13.0. The molecule has 0 spiro atoms.